The summed E-state index contributed by atoms with van der Waals surface area (Å²) in [7, 11) is 0. The van der Waals surface area contributed by atoms with Gasteiger partial charge < -0.3 is 4.90 Å². The number of nitrogens with zero attached hydrogens (tertiary/aromatic N) is 2. The molecule has 29 heavy (non-hydrogen) atoms. The van der Waals surface area contributed by atoms with Crippen LogP contribution in [0.5, 0.6) is 0 Å². The van der Waals surface area contributed by atoms with Crippen LogP contribution in [-0.4, -0.2) is 35.8 Å². The van der Waals surface area contributed by atoms with E-state index in [9.17, 15) is 14.4 Å². The molecule has 1 aliphatic rings. The van der Waals surface area contributed by atoms with Crippen LogP contribution >= 0.6 is 11.6 Å². The molecule has 1 aliphatic heterocycles. The lowest BCUT2D eigenvalue weighted by molar-refractivity contribution is -0.130. The van der Waals surface area contributed by atoms with Crippen LogP contribution in [0.4, 0.5) is 10.5 Å². The zero-order chi connectivity index (χ0) is 21.0. The molecule has 0 saturated carbocycles. The molecule has 150 valence electrons. The predicted molar refractivity (Wildman–Crippen MR) is 114 cm³/mol. The topological polar surface area (TPSA) is 69.7 Å². The van der Waals surface area contributed by atoms with Crippen LogP contribution in [0.3, 0.4) is 0 Å². The fourth-order valence-electron chi connectivity index (χ4n) is 3.17. The lowest BCUT2D eigenvalue weighted by Gasteiger charge is -2.26. The van der Waals surface area contributed by atoms with E-state index in [1.54, 1.807) is 24.3 Å². The van der Waals surface area contributed by atoms with Gasteiger partial charge in [-0.2, -0.15) is 0 Å². The summed E-state index contributed by atoms with van der Waals surface area (Å²) >= 11 is 6.14. The number of rotatable bonds is 6. The summed E-state index contributed by atoms with van der Waals surface area (Å²) in [6.07, 6.45) is 1.50. The standard InChI is InChI=1S/C22H22ClN3O3/c1-3-25(4-2)17-11-9-15(10-12-17)13-18-20(27)24-22(29)26(21(18)28)14-16-7-5-6-8-19(16)23/h5-13H,3-4,14H2,1-2H3,(H,24,27,29). The molecule has 1 saturated heterocycles. The molecule has 2 aromatic rings. The minimum Gasteiger partial charge on any atom is -0.372 e. The van der Waals surface area contributed by atoms with E-state index in [0.29, 0.717) is 16.1 Å². The van der Waals surface area contributed by atoms with Gasteiger partial charge in [-0.05, 0) is 49.2 Å². The first-order valence-electron chi connectivity index (χ1n) is 9.41. The largest absolute Gasteiger partial charge is 0.372 e. The number of halogens is 1. The van der Waals surface area contributed by atoms with Gasteiger partial charge in [-0.1, -0.05) is 41.9 Å². The van der Waals surface area contributed by atoms with E-state index < -0.39 is 17.8 Å². The smallest absolute Gasteiger partial charge is 0.331 e. The summed E-state index contributed by atoms with van der Waals surface area (Å²) in [5.74, 6) is -1.35. The summed E-state index contributed by atoms with van der Waals surface area (Å²) in [4.78, 5) is 40.5. The van der Waals surface area contributed by atoms with Gasteiger partial charge in [0.25, 0.3) is 11.8 Å². The molecule has 1 N–H and O–H groups in total. The van der Waals surface area contributed by atoms with Crippen molar-refractivity contribution >= 4 is 41.2 Å². The first kappa shape index (κ1) is 20.6. The summed E-state index contributed by atoms with van der Waals surface area (Å²) in [5.41, 5.74) is 2.29. The number of anilines is 1. The molecule has 6 nitrogen and oxygen atoms in total. The monoisotopic (exact) mass is 411 g/mol. The number of hydrogen-bond donors (Lipinski definition) is 1. The van der Waals surface area contributed by atoms with Gasteiger partial charge in [-0.3, -0.25) is 19.8 Å². The molecule has 7 heteroatoms. The number of nitrogens with one attached hydrogen (secondary N) is 1. The number of imide groups is 2. The highest BCUT2D eigenvalue weighted by Crippen LogP contribution is 2.22. The number of urea groups is 1. The average Bonchev–Trinajstić information content (AvgIpc) is 2.71. The van der Waals surface area contributed by atoms with Crippen molar-refractivity contribution in [3.63, 3.8) is 0 Å². The summed E-state index contributed by atoms with van der Waals surface area (Å²) < 4.78 is 0. The average molecular weight is 412 g/mol. The van der Waals surface area contributed by atoms with Crippen LogP contribution in [0.15, 0.2) is 54.1 Å². The van der Waals surface area contributed by atoms with Crippen molar-refractivity contribution < 1.29 is 14.4 Å². The molecule has 0 radical (unpaired) electrons. The van der Waals surface area contributed by atoms with Gasteiger partial charge in [0, 0.05) is 23.8 Å². The highest BCUT2D eigenvalue weighted by atomic mass is 35.5. The van der Waals surface area contributed by atoms with Gasteiger partial charge in [0.1, 0.15) is 5.57 Å². The molecular weight excluding hydrogens is 390 g/mol. The van der Waals surface area contributed by atoms with Crippen molar-refractivity contribution in [1.82, 2.24) is 10.2 Å². The third-order valence-electron chi connectivity index (χ3n) is 4.80. The Morgan fingerprint density at radius 3 is 2.28 bits per heavy atom. The van der Waals surface area contributed by atoms with Gasteiger partial charge in [0.15, 0.2) is 0 Å². The van der Waals surface area contributed by atoms with Crippen LogP contribution in [-0.2, 0) is 16.1 Å². The Hall–Kier alpha value is -3.12. The van der Waals surface area contributed by atoms with Crippen LogP contribution in [0, 0.1) is 0 Å². The van der Waals surface area contributed by atoms with Crippen molar-refractivity contribution in [2.75, 3.05) is 18.0 Å². The van der Waals surface area contributed by atoms with Gasteiger partial charge in [-0.15, -0.1) is 0 Å². The van der Waals surface area contributed by atoms with Crippen LogP contribution in [0.1, 0.15) is 25.0 Å². The van der Waals surface area contributed by atoms with E-state index in [1.807, 2.05) is 24.3 Å². The molecule has 0 unspecified atom stereocenters. The molecule has 0 aliphatic carbocycles. The molecule has 0 bridgehead atoms. The summed E-state index contributed by atoms with van der Waals surface area (Å²) in [5, 5.41) is 2.67. The first-order valence-corrected chi connectivity index (χ1v) is 9.79. The third-order valence-corrected chi connectivity index (χ3v) is 5.17. The number of hydrogen-bond acceptors (Lipinski definition) is 4. The quantitative estimate of drug-likeness (QED) is 0.579. The highest BCUT2D eigenvalue weighted by molar-refractivity contribution is 6.32. The maximum Gasteiger partial charge on any atom is 0.331 e. The van der Waals surface area contributed by atoms with Gasteiger partial charge in [-0.25, -0.2) is 4.79 Å². The Morgan fingerprint density at radius 1 is 1.00 bits per heavy atom. The molecule has 0 atom stereocenters. The van der Waals surface area contributed by atoms with Crippen molar-refractivity contribution in [3.05, 3.63) is 70.3 Å². The van der Waals surface area contributed by atoms with Gasteiger partial charge in [0.05, 0.1) is 6.54 Å². The van der Waals surface area contributed by atoms with Crippen molar-refractivity contribution in [2.24, 2.45) is 0 Å². The number of carbonyl (C=O) groups is 3. The summed E-state index contributed by atoms with van der Waals surface area (Å²) in [6.45, 7) is 5.91. The second-order valence-electron chi connectivity index (χ2n) is 6.56. The van der Waals surface area contributed by atoms with Gasteiger partial charge in [0.2, 0.25) is 0 Å². The van der Waals surface area contributed by atoms with E-state index in [2.05, 4.69) is 24.1 Å². The number of carbonyl (C=O) groups excluding carboxylic acids is 3. The molecule has 2 aromatic carbocycles. The Labute approximate surface area is 174 Å². The van der Waals surface area contributed by atoms with E-state index in [1.165, 1.54) is 6.08 Å². The van der Waals surface area contributed by atoms with Crippen LogP contribution < -0.4 is 10.2 Å². The Morgan fingerprint density at radius 2 is 1.66 bits per heavy atom. The van der Waals surface area contributed by atoms with Crippen molar-refractivity contribution in [1.29, 1.82) is 0 Å². The summed E-state index contributed by atoms with van der Waals surface area (Å²) in [6, 6.07) is 13.8. The number of amides is 4. The molecular formula is C22H22ClN3O3. The highest BCUT2D eigenvalue weighted by Gasteiger charge is 2.35. The van der Waals surface area contributed by atoms with Crippen LogP contribution in [0.25, 0.3) is 6.08 Å². The van der Waals surface area contributed by atoms with Crippen molar-refractivity contribution in [2.45, 2.75) is 20.4 Å². The van der Waals surface area contributed by atoms with E-state index in [0.717, 1.165) is 23.7 Å². The molecule has 0 spiro atoms. The molecule has 4 amide bonds. The normalized spacial score (nSPS) is 15.6. The zero-order valence-corrected chi connectivity index (χ0v) is 17.1. The maximum atomic E-state index is 12.9. The Kier molecular flexibility index (Phi) is 6.34. The predicted octanol–water partition coefficient (Wildman–Crippen LogP) is 3.85. The van der Waals surface area contributed by atoms with Gasteiger partial charge >= 0.3 is 6.03 Å². The first-order chi connectivity index (χ1) is 13.9. The molecule has 3 rings (SSSR count). The second-order valence-corrected chi connectivity index (χ2v) is 6.97. The molecule has 0 aromatic heterocycles. The Bertz CT molecular complexity index is 966. The van der Waals surface area contributed by atoms with Crippen LogP contribution in [0.2, 0.25) is 5.02 Å². The maximum absolute atomic E-state index is 12.9. The van der Waals surface area contributed by atoms with E-state index in [-0.39, 0.29) is 12.1 Å². The van der Waals surface area contributed by atoms with E-state index in [4.69, 9.17) is 11.6 Å². The SMILES string of the molecule is CCN(CC)c1ccc(C=C2C(=O)NC(=O)N(Cc3ccccc3Cl)C2=O)cc1. The Balaban J connectivity index is 1.86. The minimum absolute atomic E-state index is 0.0180. The molecule has 1 fully saturated rings. The third kappa shape index (κ3) is 4.49. The lowest BCUT2D eigenvalue weighted by atomic mass is 10.1. The number of benzene rings is 2. The van der Waals surface area contributed by atoms with E-state index >= 15 is 0 Å². The number of barbiturate groups is 1. The fraction of sp³-hybridized carbons (Fsp3) is 0.227. The second kappa shape index (κ2) is 8.92. The van der Waals surface area contributed by atoms with Crippen molar-refractivity contribution in [3.8, 4) is 0 Å². The molecule has 1 heterocycles. The lowest BCUT2D eigenvalue weighted by Crippen LogP contribution is -2.53. The fourth-order valence-corrected chi connectivity index (χ4v) is 3.37. The zero-order valence-electron chi connectivity index (χ0n) is 16.3. The minimum atomic E-state index is -0.756.